The molecule has 26 heavy (non-hydrogen) atoms. The first-order valence-electron chi connectivity index (χ1n) is 8.15. The second-order valence-electron chi connectivity index (χ2n) is 5.57. The highest BCUT2D eigenvalue weighted by Crippen LogP contribution is 2.26. The monoisotopic (exact) mass is 383 g/mol. The van der Waals surface area contributed by atoms with E-state index in [1.54, 1.807) is 32.4 Å². The molecule has 0 aliphatic carbocycles. The van der Waals surface area contributed by atoms with Crippen LogP contribution in [-0.4, -0.2) is 57.5 Å². The van der Waals surface area contributed by atoms with E-state index in [2.05, 4.69) is 15.8 Å². The number of nitrogens with one attached hydrogen (secondary N) is 2. The van der Waals surface area contributed by atoms with Gasteiger partial charge >= 0.3 is 0 Å². The molecule has 0 aromatic heterocycles. The van der Waals surface area contributed by atoms with Crippen LogP contribution >= 0.6 is 11.6 Å². The number of rotatable bonds is 9. The van der Waals surface area contributed by atoms with Gasteiger partial charge in [-0.3, -0.25) is 9.59 Å². The van der Waals surface area contributed by atoms with Crippen molar-refractivity contribution < 1.29 is 23.9 Å². The van der Waals surface area contributed by atoms with Gasteiger partial charge in [-0.1, -0.05) is 16.8 Å². The molecule has 8 nitrogen and oxygen atoms in total. The zero-order valence-corrected chi connectivity index (χ0v) is 15.5. The van der Waals surface area contributed by atoms with Crippen LogP contribution in [-0.2, 0) is 19.2 Å². The molecule has 2 rings (SSSR count). The number of oxime groups is 1. The van der Waals surface area contributed by atoms with E-state index in [-0.39, 0.29) is 24.8 Å². The molecule has 1 aromatic rings. The number of carbonyl (C=O) groups is 2. The van der Waals surface area contributed by atoms with Crippen molar-refractivity contribution in [1.29, 1.82) is 0 Å². The minimum absolute atomic E-state index is 0.158. The predicted molar refractivity (Wildman–Crippen MR) is 96.5 cm³/mol. The summed E-state index contributed by atoms with van der Waals surface area (Å²) in [5, 5.41) is 9.81. The smallest absolute Gasteiger partial charge is 0.264 e. The molecule has 0 saturated heterocycles. The summed E-state index contributed by atoms with van der Waals surface area (Å²) in [5.41, 5.74) is 1.24. The first-order valence-corrected chi connectivity index (χ1v) is 8.53. The van der Waals surface area contributed by atoms with Crippen molar-refractivity contribution in [3.8, 4) is 5.75 Å². The van der Waals surface area contributed by atoms with Crippen molar-refractivity contribution in [2.24, 2.45) is 5.16 Å². The van der Waals surface area contributed by atoms with Gasteiger partial charge < -0.3 is 24.9 Å². The molecule has 1 atom stereocenters. The Morgan fingerprint density at radius 2 is 2.12 bits per heavy atom. The summed E-state index contributed by atoms with van der Waals surface area (Å²) in [5.74, 6) is 0.154. The van der Waals surface area contributed by atoms with Crippen molar-refractivity contribution in [2.45, 2.75) is 18.9 Å². The average Bonchev–Trinajstić information content (AvgIpc) is 3.12. The van der Waals surface area contributed by atoms with Crippen LogP contribution in [0.15, 0.2) is 23.4 Å². The number of hydrogen-bond acceptors (Lipinski definition) is 6. The van der Waals surface area contributed by atoms with E-state index >= 15 is 0 Å². The van der Waals surface area contributed by atoms with Crippen molar-refractivity contribution in [2.75, 3.05) is 33.9 Å². The molecular formula is C17H22ClN3O5. The Bertz CT molecular complexity index is 680. The van der Waals surface area contributed by atoms with Crippen LogP contribution in [0.25, 0.3) is 0 Å². The van der Waals surface area contributed by atoms with E-state index in [1.165, 1.54) is 0 Å². The molecule has 142 valence electrons. The van der Waals surface area contributed by atoms with Gasteiger partial charge in [0.05, 0.1) is 24.5 Å². The molecule has 1 aliphatic rings. The fourth-order valence-corrected chi connectivity index (χ4v) is 2.55. The van der Waals surface area contributed by atoms with Crippen LogP contribution in [0.4, 0.5) is 0 Å². The largest absolute Gasteiger partial charge is 0.497 e. The summed E-state index contributed by atoms with van der Waals surface area (Å²) in [6.07, 6.45) is -0.278. The first-order chi connectivity index (χ1) is 12.5. The second-order valence-corrected chi connectivity index (χ2v) is 5.97. The minimum Gasteiger partial charge on any atom is -0.497 e. The molecule has 2 N–H and O–H groups in total. The Morgan fingerprint density at radius 3 is 2.85 bits per heavy atom. The second kappa shape index (κ2) is 9.98. The maximum Gasteiger partial charge on any atom is 0.264 e. The van der Waals surface area contributed by atoms with Gasteiger partial charge in [0, 0.05) is 38.6 Å². The normalized spacial score (nSPS) is 15.8. The zero-order chi connectivity index (χ0) is 18.9. The highest BCUT2D eigenvalue weighted by Gasteiger charge is 2.29. The molecule has 0 fully saturated rings. The quantitative estimate of drug-likeness (QED) is 0.622. The minimum atomic E-state index is -0.746. The van der Waals surface area contributed by atoms with E-state index in [0.29, 0.717) is 41.6 Å². The molecule has 9 heteroatoms. The molecule has 0 spiro atoms. The number of nitrogens with zero attached hydrogens (tertiary/aromatic N) is 1. The number of hydrogen-bond donors (Lipinski definition) is 2. The summed E-state index contributed by atoms with van der Waals surface area (Å²) >= 11 is 6.19. The SMILES string of the molecule is COCCNC(=O)CCNC(=O)[C@H]1CC(c2cc(OC)ccc2Cl)=NO1. The van der Waals surface area contributed by atoms with E-state index in [4.69, 9.17) is 25.9 Å². The number of methoxy groups -OCH3 is 2. The van der Waals surface area contributed by atoms with Crippen LogP contribution in [0.3, 0.4) is 0 Å². The number of benzene rings is 1. The Morgan fingerprint density at radius 1 is 1.31 bits per heavy atom. The molecule has 2 amide bonds. The van der Waals surface area contributed by atoms with E-state index in [1.807, 2.05) is 0 Å². The molecule has 0 bridgehead atoms. The third-order valence-corrected chi connectivity index (χ3v) is 4.05. The predicted octanol–water partition coefficient (Wildman–Crippen LogP) is 1.11. The highest BCUT2D eigenvalue weighted by molar-refractivity contribution is 6.34. The molecule has 1 heterocycles. The molecule has 1 aliphatic heterocycles. The lowest BCUT2D eigenvalue weighted by Gasteiger charge is -2.10. The van der Waals surface area contributed by atoms with Crippen LogP contribution in [0.5, 0.6) is 5.75 Å². The molecule has 0 unspecified atom stereocenters. The molecule has 1 aromatic carbocycles. The van der Waals surface area contributed by atoms with Crippen LogP contribution in [0, 0.1) is 0 Å². The number of ether oxygens (including phenoxy) is 2. The summed E-state index contributed by atoms with van der Waals surface area (Å²) in [4.78, 5) is 28.9. The molecule has 0 saturated carbocycles. The Kier molecular flexibility index (Phi) is 7.68. The Hall–Kier alpha value is -2.32. The van der Waals surface area contributed by atoms with Crippen molar-refractivity contribution in [3.63, 3.8) is 0 Å². The van der Waals surface area contributed by atoms with Gasteiger partial charge in [-0.05, 0) is 18.2 Å². The maximum absolute atomic E-state index is 12.2. The van der Waals surface area contributed by atoms with Gasteiger partial charge in [-0.25, -0.2) is 0 Å². The number of halogens is 1. The summed E-state index contributed by atoms with van der Waals surface area (Å²) in [6, 6.07) is 5.19. The standard InChI is InChI=1S/C17H22ClN3O5/c1-24-8-7-19-16(22)5-6-20-17(23)15-10-14(21-26-15)12-9-11(25-2)3-4-13(12)18/h3-4,9,15H,5-8,10H2,1-2H3,(H,19,22)(H,20,23)/t15-/m1/s1. The topological polar surface area (TPSA) is 98.3 Å². The van der Waals surface area contributed by atoms with Gasteiger partial charge in [0.1, 0.15) is 5.75 Å². The summed E-state index contributed by atoms with van der Waals surface area (Å²) < 4.78 is 10.0. The maximum atomic E-state index is 12.2. The van der Waals surface area contributed by atoms with Crippen LogP contribution < -0.4 is 15.4 Å². The Balaban J connectivity index is 1.79. The van der Waals surface area contributed by atoms with E-state index < -0.39 is 6.10 Å². The first kappa shape index (κ1) is 20.0. The number of carbonyl (C=O) groups excluding carboxylic acids is 2. The third kappa shape index (κ3) is 5.60. The summed E-state index contributed by atoms with van der Waals surface area (Å²) in [6.45, 7) is 1.10. The average molecular weight is 384 g/mol. The van der Waals surface area contributed by atoms with Gasteiger partial charge in [-0.2, -0.15) is 0 Å². The third-order valence-electron chi connectivity index (χ3n) is 3.73. The van der Waals surface area contributed by atoms with Gasteiger partial charge in [-0.15, -0.1) is 0 Å². The lowest BCUT2D eigenvalue weighted by atomic mass is 10.0. The molecule has 0 radical (unpaired) electrons. The van der Waals surface area contributed by atoms with Gasteiger partial charge in [0.25, 0.3) is 5.91 Å². The lowest BCUT2D eigenvalue weighted by molar-refractivity contribution is -0.131. The van der Waals surface area contributed by atoms with E-state index in [9.17, 15) is 9.59 Å². The number of amides is 2. The zero-order valence-electron chi connectivity index (χ0n) is 14.7. The molecular weight excluding hydrogens is 362 g/mol. The van der Waals surface area contributed by atoms with Crippen molar-refractivity contribution in [3.05, 3.63) is 28.8 Å². The van der Waals surface area contributed by atoms with Gasteiger partial charge in [0.2, 0.25) is 12.0 Å². The Labute approximate surface area is 156 Å². The summed E-state index contributed by atoms with van der Waals surface area (Å²) in [7, 11) is 3.12. The fraction of sp³-hybridized carbons (Fsp3) is 0.471. The highest BCUT2D eigenvalue weighted by atomic mass is 35.5. The van der Waals surface area contributed by atoms with Crippen LogP contribution in [0.1, 0.15) is 18.4 Å². The van der Waals surface area contributed by atoms with Crippen molar-refractivity contribution >= 4 is 29.1 Å². The lowest BCUT2D eigenvalue weighted by Crippen LogP contribution is -2.37. The van der Waals surface area contributed by atoms with E-state index in [0.717, 1.165) is 0 Å². The van der Waals surface area contributed by atoms with Gasteiger partial charge in [0.15, 0.2) is 0 Å². The van der Waals surface area contributed by atoms with Crippen molar-refractivity contribution in [1.82, 2.24) is 10.6 Å². The fourth-order valence-electron chi connectivity index (χ4n) is 2.32. The van der Waals surface area contributed by atoms with Crippen LogP contribution in [0.2, 0.25) is 5.02 Å².